The molecule has 1 aromatic rings. The van der Waals surface area contributed by atoms with Crippen molar-refractivity contribution >= 4 is 41.1 Å². The molecule has 9 nitrogen and oxygen atoms in total. The van der Waals surface area contributed by atoms with E-state index in [4.69, 9.17) is 30.5 Å². The highest BCUT2D eigenvalue weighted by Gasteiger charge is 2.44. The second-order valence-electron chi connectivity index (χ2n) is 8.43. The van der Waals surface area contributed by atoms with E-state index in [1.54, 1.807) is 45.0 Å². The van der Waals surface area contributed by atoms with E-state index in [1.807, 2.05) is 13.8 Å². The Morgan fingerprint density at radius 2 is 1.45 bits per heavy atom. The minimum absolute atomic E-state index is 0.0314. The van der Waals surface area contributed by atoms with Gasteiger partial charge in [0.2, 0.25) is 12.2 Å². The molecule has 0 N–H and O–H groups in total. The summed E-state index contributed by atoms with van der Waals surface area (Å²) in [6.07, 6.45) is -3.63. The number of hydrogen-bond acceptors (Lipinski definition) is 8. The molecule has 184 valence electrons. The number of rotatable bonds is 10. The molecular weight excluding hydrogens is 454 g/mol. The summed E-state index contributed by atoms with van der Waals surface area (Å²) in [5.74, 6) is -2.89. The topological polar surface area (TPSA) is 108 Å². The van der Waals surface area contributed by atoms with Crippen molar-refractivity contribution in [3.05, 3.63) is 24.3 Å². The molecule has 0 aromatic heterocycles. The van der Waals surface area contributed by atoms with Gasteiger partial charge in [0.05, 0.1) is 6.10 Å². The van der Waals surface area contributed by atoms with Gasteiger partial charge >= 0.3 is 17.9 Å². The molecule has 0 fully saturated rings. The predicted octanol–water partition coefficient (Wildman–Crippen LogP) is 3.25. The Balaban J connectivity index is 3.38. The lowest BCUT2D eigenvalue weighted by Crippen LogP contribution is -2.53. The van der Waals surface area contributed by atoms with Crippen LogP contribution in [0.5, 0.6) is 5.75 Å². The van der Waals surface area contributed by atoms with Crippen LogP contribution in [-0.2, 0) is 33.4 Å². The van der Waals surface area contributed by atoms with Crippen LogP contribution in [0.1, 0.15) is 48.5 Å². The SMILES string of the molecule is CC(=O)O[C@@H](C(=O)OC(C)(C)C)[C@@H](OC(C)=O)C(=O)N(CCCl)c1ccc(OC(C)C)cc1. The third-order valence-electron chi connectivity index (χ3n) is 3.84. The first kappa shape index (κ1) is 28.2. The number of hydrogen-bond donors (Lipinski definition) is 0. The molecule has 1 aromatic carbocycles. The highest BCUT2D eigenvalue weighted by atomic mass is 35.5. The van der Waals surface area contributed by atoms with Crippen LogP contribution in [0, 0.1) is 0 Å². The molecule has 0 bridgehead atoms. The smallest absolute Gasteiger partial charge is 0.352 e. The Labute approximate surface area is 199 Å². The second-order valence-corrected chi connectivity index (χ2v) is 8.81. The van der Waals surface area contributed by atoms with Crippen LogP contribution in [0.15, 0.2) is 24.3 Å². The van der Waals surface area contributed by atoms with E-state index < -0.39 is 41.6 Å². The minimum Gasteiger partial charge on any atom is -0.491 e. The van der Waals surface area contributed by atoms with Gasteiger partial charge in [-0.3, -0.25) is 14.4 Å². The van der Waals surface area contributed by atoms with Crippen molar-refractivity contribution in [3.63, 3.8) is 0 Å². The number of carbonyl (C=O) groups is 4. The molecule has 10 heteroatoms. The van der Waals surface area contributed by atoms with Crippen LogP contribution in [0.3, 0.4) is 0 Å². The van der Waals surface area contributed by atoms with E-state index in [2.05, 4.69) is 0 Å². The van der Waals surface area contributed by atoms with Crippen molar-refractivity contribution in [3.8, 4) is 5.75 Å². The average Bonchev–Trinajstić information content (AvgIpc) is 2.67. The van der Waals surface area contributed by atoms with Gasteiger partial charge in [0, 0.05) is 32.0 Å². The van der Waals surface area contributed by atoms with E-state index in [9.17, 15) is 19.2 Å². The summed E-state index contributed by atoms with van der Waals surface area (Å²) in [7, 11) is 0. The van der Waals surface area contributed by atoms with Gasteiger partial charge in [0.1, 0.15) is 11.4 Å². The van der Waals surface area contributed by atoms with Crippen LogP contribution in [0.25, 0.3) is 0 Å². The zero-order valence-corrected chi connectivity index (χ0v) is 20.8. The molecule has 0 radical (unpaired) electrons. The molecule has 1 rings (SSSR count). The van der Waals surface area contributed by atoms with Crippen molar-refractivity contribution < 1.29 is 38.1 Å². The van der Waals surface area contributed by atoms with E-state index in [0.29, 0.717) is 11.4 Å². The second kappa shape index (κ2) is 12.4. The molecule has 0 aliphatic rings. The number of alkyl halides is 1. The zero-order valence-electron chi connectivity index (χ0n) is 20.0. The summed E-state index contributed by atoms with van der Waals surface area (Å²) in [6, 6.07) is 6.59. The molecule has 0 spiro atoms. The van der Waals surface area contributed by atoms with E-state index in [1.165, 1.54) is 4.90 Å². The fourth-order valence-corrected chi connectivity index (χ4v) is 2.94. The standard InChI is InChI=1S/C23H32ClNO8/c1-14(2)30-18-10-8-17(9-11-18)25(13-12-24)21(28)19(31-15(3)26)20(32-16(4)27)22(29)33-23(5,6)7/h8-11,14,19-20H,12-13H2,1-7H3/t19-,20-/m1/s1. The maximum atomic E-state index is 13.5. The molecule has 33 heavy (non-hydrogen) atoms. The van der Waals surface area contributed by atoms with Crippen molar-refractivity contribution in [2.45, 2.75) is 72.4 Å². The van der Waals surface area contributed by atoms with Gasteiger partial charge in [0.25, 0.3) is 5.91 Å². The lowest BCUT2D eigenvalue weighted by Gasteiger charge is -2.31. The first-order chi connectivity index (χ1) is 15.2. The fourth-order valence-electron chi connectivity index (χ4n) is 2.77. The number of ether oxygens (including phenoxy) is 4. The summed E-state index contributed by atoms with van der Waals surface area (Å²) in [5.41, 5.74) is -0.527. The Kier molecular flexibility index (Phi) is 10.6. The molecule has 0 heterocycles. The van der Waals surface area contributed by atoms with Gasteiger partial charge in [-0.1, -0.05) is 0 Å². The average molecular weight is 486 g/mol. The van der Waals surface area contributed by atoms with Gasteiger partial charge in [-0.15, -0.1) is 11.6 Å². The molecule has 1 amide bonds. The quantitative estimate of drug-likeness (QED) is 0.282. The third-order valence-corrected chi connectivity index (χ3v) is 4.01. The first-order valence-corrected chi connectivity index (χ1v) is 11.0. The van der Waals surface area contributed by atoms with E-state index in [0.717, 1.165) is 13.8 Å². The summed E-state index contributed by atoms with van der Waals surface area (Å²) in [5, 5.41) is 0. The van der Waals surface area contributed by atoms with Crippen LogP contribution < -0.4 is 9.64 Å². The number of anilines is 1. The van der Waals surface area contributed by atoms with E-state index >= 15 is 0 Å². The van der Waals surface area contributed by atoms with Gasteiger partial charge in [-0.05, 0) is 58.9 Å². The van der Waals surface area contributed by atoms with Crippen molar-refractivity contribution in [2.24, 2.45) is 0 Å². The Hall–Kier alpha value is -2.81. The van der Waals surface area contributed by atoms with Gasteiger partial charge in [-0.25, -0.2) is 4.79 Å². The maximum Gasteiger partial charge on any atom is 0.352 e. The van der Waals surface area contributed by atoms with Crippen LogP contribution in [0.4, 0.5) is 5.69 Å². The summed E-state index contributed by atoms with van der Waals surface area (Å²) in [6.45, 7) is 10.8. The largest absolute Gasteiger partial charge is 0.491 e. The van der Waals surface area contributed by atoms with Crippen molar-refractivity contribution in [2.75, 3.05) is 17.3 Å². The third kappa shape index (κ3) is 9.69. The molecule has 0 aliphatic carbocycles. The highest BCUT2D eigenvalue weighted by Crippen LogP contribution is 2.24. The molecular formula is C23H32ClNO8. The highest BCUT2D eigenvalue weighted by molar-refractivity contribution is 6.18. The number of nitrogens with zero attached hydrogens (tertiary/aromatic N) is 1. The normalized spacial score (nSPS) is 13.0. The minimum atomic E-state index is -1.81. The molecule has 2 atom stereocenters. The van der Waals surface area contributed by atoms with Crippen LogP contribution in [0.2, 0.25) is 0 Å². The number of carbonyl (C=O) groups excluding carboxylic acids is 4. The van der Waals surface area contributed by atoms with Crippen molar-refractivity contribution in [1.29, 1.82) is 0 Å². The van der Waals surface area contributed by atoms with Gasteiger partial charge < -0.3 is 23.8 Å². The van der Waals surface area contributed by atoms with Gasteiger partial charge in [-0.2, -0.15) is 0 Å². The lowest BCUT2D eigenvalue weighted by atomic mass is 10.1. The monoisotopic (exact) mass is 485 g/mol. The molecule has 0 unspecified atom stereocenters. The molecule has 0 aliphatic heterocycles. The lowest BCUT2D eigenvalue weighted by molar-refractivity contribution is -0.188. The number of esters is 3. The van der Waals surface area contributed by atoms with Crippen LogP contribution in [-0.4, -0.2) is 60.2 Å². The summed E-state index contributed by atoms with van der Waals surface area (Å²) >= 11 is 5.91. The summed E-state index contributed by atoms with van der Waals surface area (Å²) < 4.78 is 21.1. The molecule has 0 saturated carbocycles. The number of benzene rings is 1. The van der Waals surface area contributed by atoms with E-state index in [-0.39, 0.29) is 18.5 Å². The summed E-state index contributed by atoms with van der Waals surface area (Å²) in [4.78, 5) is 51.0. The predicted molar refractivity (Wildman–Crippen MR) is 122 cm³/mol. The Morgan fingerprint density at radius 3 is 1.88 bits per heavy atom. The molecule has 0 saturated heterocycles. The first-order valence-electron chi connectivity index (χ1n) is 10.5. The van der Waals surface area contributed by atoms with Gasteiger partial charge in [0.15, 0.2) is 0 Å². The fraction of sp³-hybridized carbons (Fsp3) is 0.565. The van der Waals surface area contributed by atoms with Crippen LogP contribution >= 0.6 is 11.6 Å². The Morgan fingerprint density at radius 1 is 0.939 bits per heavy atom. The number of amides is 1. The van der Waals surface area contributed by atoms with Crippen molar-refractivity contribution in [1.82, 2.24) is 0 Å². The number of halogens is 1. The zero-order chi connectivity index (χ0) is 25.3. The maximum absolute atomic E-state index is 13.5. The Bertz CT molecular complexity index is 832.